The molecule has 0 aliphatic carbocycles. The molecule has 88 valence electrons. The molecule has 0 amide bonds. The standard InChI is InChI=1S/C15H10O3/c16-11-8-13(17)12-6-7-14(18-15(12)9-11)10-4-2-1-3-5-10/h1-9H,(H-,16,17)/p+1. The van der Waals surface area contributed by atoms with Gasteiger partial charge in [-0.2, -0.15) is 0 Å². The number of phenolic OH excluding ortho intramolecular Hbond substituents is 2. The van der Waals surface area contributed by atoms with Crippen molar-refractivity contribution in [3.8, 4) is 22.8 Å². The molecule has 0 saturated heterocycles. The molecule has 0 aliphatic rings. The van der Waals surface area contributed by atoms with E-state index in [1.54, 1.807) is 12.1 Å². The average molecular weight is 239 g/mol. The second kappa shape index (κ2) is 4.04. The third kappa shape index (κ3) is 1.76. The zero-order valence-electron chi connectivity index (χ0n) is 9.50. The first kappa shape index (κ1) is 10.6. The van der Waals surface area contributed by atoms with Gasteiger partial charge in [-0.25, -0.2) is 4.42 Å². The molecule has 3 heteroatoms. The quantitative estimate of drug-likeness (QED) is 0.635. The maximum atomic E-state index is 9.69. The first-order valence-electron chi connectivity index (χ1n) is 5.58. The van der Waals surface area contributed by atoms with Crippen LogP contribution in [0.2, 0.25) is 0 Å². The molecule has 0 fully saturated rings. The predicted molar refractivity (Wildman–Crippen MR) is 69.4 cm³/mol. The van der Waals surface area contributed by atoms with E-state index >= 15 is 0 Å². The largest absolute Gasteiger partial charge is 0.507 e. The van der Waals surface area contributed by atoms with Gasteiger partial charge in [-0.1, -0.05) is 18.2 Å². The summed E-state index contributed by atoms with van der Waals surface area (Å²) >= 11 is 0. The van der Waals surface area contributed by atoms with E-state index in [0.717, 1.165) is 5.56 Å². The minimum absolute atomic E-state index is 0.00774. The van der Waals surface area contributed by atoms with Crippen LogP contribution in [0.4, 0.5) is 0 Å². The van der Waals surface area contributed by atoms with Gasteiger partial charge in [0.05, 0.1) is 11.6 Å². The predicted octanol–water partition coefficient (Wildman–Crippen LogP) is 3.79. The fraction of sp³-hybridized carbons (Fsp3) is 0. The summed E-state index contributed by atoms with van der Waals surface area (Å²) in [5.41, 5.74) is 1.40. The normalized spacial score (nSPS) is 10.7. The molecule has 3 nitrogen and oxygen atoms in total. The molecular weight excluding hydrogens is 228 g/mol. The molecule has 0 radical (unpaired) electrons. The van der Waals surface area contributed by atoms with Crippen molar-refractivity contribution >= 4 is 11.0 Å². The zero-order valence-corrected chi connectivity index (χ0v) is 9.50. The van der Waals surface area contributed by atoms with Gasteiger partial charge in [-0.15, -0.1) is 0 Å². The van der Waals surface area contributed by atoms with Crippen molar-refractivity contribution in [3.05, 3.63) is 54.6 Å². The van der Waals surface area contributed by atoms with Crippen molar-refractivity contribution in [2.45, 2.75) is 0 Å². The Hall–Kier alpha value is -2.55. The van der Waals surface area contributed by atoms with E-state index < -0.39 is 0 Å². The molecule has 0 unspecified atom stereocenters. The van der Waals surface area contributed by atoms with Crippen LogP contribution < -0.4 is 0 Å². The summed E-state index contributed by atoms with van der Waals surface area (Å²) in [5, 5.41) is 19.7. The van der Waals surface area contributed by atoms with Crippen molar-refractivity contribution in [1.29, 1.82) is 0 Å². The lowest BCUT2D eigenvalue weighted by Crippen LogP contribution is -1.79. The highest BCUT2D eigenvalue weighted by Gasteiger charge is 2.17. The first-order chi connectivity index (χ1) is 8.74. The molecule has 0 atom stereocenters. The average Bonchev–Trinajstić information content (AvgIpc) is 2.39. The van der Waals surface area contributed by atoms with Crippen molar-refractivity contribution in [3.63, 3.8) is 0 Å². The smallest absolute Gasteiger partial charge is 0.368 e. The van der Waals surface area contributed by atoms with Gasteiger partial charge < -0.3 is 10.2 Å². The van der Waals surface area contributed by atoms with Crippen molar-refractivity contribution in [1.82, 2.24) is 0 Å². The van der Waals surface area contributed by atoms with Crippen LogP contribution in [0, 0.1) is 0 Å². The van der Waals surface area contributed by atoms with Gasteiger partial charge in [0.1, 0.15) is 16.9 Å². The van der Waals surface area contributed by atoms with Crippen LogP contribution in [0.25, 0.3) is 22.3 Å². The van der Waals surface area contributed by atoms with Crippen molar-refractivity contribution in [2.24, 2.45) is 0 Å². The Morgan fingerprint density at radius 3 is 2.39 bits per heavy atom. The Morgan fingerprint density at radius 1 is 0.833 bits per heavy atom. The summed E-state index contributed by atoms with van der Waals surface area (Å²) in [5.74, 6) is 0.676. The van der Waals surface area contributed by atoms with E-state index in [4.69, 9.17) is 4.42 Å². The van der Waals surface area contributed by atoms with Crippen LogP contribution in [0.1, 0.15) is 0 Å². The lowest BCUT2D eigenvalue weighted by molar-refractivity contribution is 0.452. The molecule has 2 aromatic carbocycles. The van der Waals surface area contributed by atoms with E-state index in [2.05, 4.69) is 0 Å². The molecule has 0 bridgehead atoms. The third-order valence-electron chi connectivity index (χ3n) is 2.78. The van der Waals surface area contributed by atoms with Crippen molar-refractivity contribution < 1.29 is 14.6 Å². The number of aromatic hydroxyl groups is 2. The van der Waals surface area contributed by atoms with Crippen LogP contribution in [0.15, 0.2) is 59.0 Å². The second-order valence-corrected chi connectivity index (χ2v) is 4.04. The molecule has 0 saturated carbocycles. The molecular formula is C15H11O3+. The molecule has 0 aliphatic heterocycles. The molecule has 1 heterocycles. The highest BCUT2D eigenvalue weighted by molar-refractivity contribution is 5.86. The van der Waals surface area contributed by atoms with E-state index in [-0.39, 0.29) is 11.5 Å². The Kier molecular flexibility index (Phi) is 2.38. The maximum absolute atomic E-state index is 9.69. The summed E-state index contributed by atoms with van der Waals surface area (Å²) in [6.07, 6.45) is 0. The summed E-state index contributed by atoms with van der Waals surface area (Å²) in [4.78, 5) is 0. The van der Waals surface area contributed by atoms with Crippen LogP contribution in [-0.2, 0) is 0 Å². The number of benzene rings is 2. The van der Waals surface area contributed by atoms with Gasteiger partial charge in [0.25, 0.3) is 0 Å². The number of hydrogen-bond donors (Lipinski definition) is 2. The van der Waals surface area contributed by atoms with Crippen molar-refractivity contribution in [2.75, 3.05) is 0 Å². The van der Waals surface area contributed by atoms with E-state index in [1.165, 1.54) is 12.1 Å². The van der Waals surface area contributed by atoms with Gasteiger partial charge in [0.15, 0.2) is 0 Å². The third-order valence-corrected chi connectivity index (χ3v) is 2.78. The second-order valence-electron chi connectivity index (χ2n) is 4.04. The van der Waals surface area contributed by atoms with Crippen LogP contribution in [0.3, 0.4) is 0 Å². The summed E-state index contributed by atoms with van der Waals surface area (Å²) in [7, 11) is 0. The molecule has 18 heavy (non-hydrogen) atoms. The Labute approximate surface area is 104 Å². The molecule has 3 aromatic rings. The highest BCUT2D eigenvalue weighted by atomic mass is 16.3. The molecule has 2 N–H and O–H groups in total. The van der Waals surface area contributed by atoms with Gasteiger partial charge in [-0.05, 0) is 18.2 Å². The van der Waals surface area contributed by atoms with E-state index in [1.807, 2.05) is 30.3 Å². The highest BCUT2D eigenvalue weighted by Crippen LogP contribution is 2.32. The van der Waals surface area contributed by atoms with Crippen LogP contribution >= 0.6 is 0 Å². The fourth-order valence-corrected chi connectivity index (χ4v) is 1.92. The molecule has 0 spiro atoms. The zero-order chi connectivity index (χ0) is 12.5. The van der Waals surface area contributed by atoms with Gasteiger partial charge in [-0.3, -0.25) is 0 Å². The van der Waals surface area contributed by atoms with Gasteiger partial charge >= 0.3 is 11.3 Å². The van der Waals surface area contributed by atoms with E-state index in [9.17, 15) is 10.2 Å². The molecule has 3 rings (SSSR count). The molecule has 1 aromatic heterocycles. The topological polar surface area (TPSA) is 51.8 Å². The SMILES string of the molecule is Oc1cc(O)c2ccc(-c3ccccc3)[o+]c2c1. The minimum Gasteiger partial charge on any atom is -0.507 e. The minimum atomic E-state index is -0.0195. The lowest BCUT2D eigenvalue weighted by Gasteiger charge is -1.96. The number of phenols is 2. The summed E-state index contributed by atoms with van der Waals surface area (Å²) in [6, 6.07) is 16.0. The van der Waals surface area contributed by atoms with Crippen LogP contribution in [0.5, 0.6) is 11.5 Å². The number of fused-ring (bicyclic) bond motifs is 1. The Balaban J connectivity index is 2.23. The Bertz CT molecular complexity index is 706. The summed E-state index contributed by atoms with van der Waals surface area (Å²) < 4.78 is 5.69. The maximum Gasteiger partial charge on any atom is 0.368 e. The van der Waals surface area contributed by atoms with Gasteiger partial charge in [0, 0.05) is 12.1 Å². The van der Waals surface area contributed by atoms with Gasteiger partial charge in [0.2, 0.25) is 0 Å². The van der Waals surface area contributed by atoms with Crippen LogP contribution in [-0.4, -0.2) is 10.2 Å². The van der Waals surface area contributed by atoms with E-state index in [0.29, 0.717) is 16.7 Å². The lowest BCUT2D eigenvalue weighted by atomic mass is 10.1. The number of hydrogen-bond acceptors (Lipinski definition) is 2. The first-order valence-corrected chi connectivity index (χ1v) is 5.58. The Morgan fingerprint density at radius 2 is 1.61 bits per heavy atom. The number of rotatable bonds is 1. The summed E-state index contributed by atoms with van der Waals surface area (Å²) in [6.45, 7) is 0. The fourth-order valence-electron chi connectivity index (χ4n) is 1.92. The monoisotopic (exact) mass is 239 g/mol.